The summed E-state index contributed by atoms with van der Waals surface area (Å²) in [6.07, 6.45) is 0.780. The molecular weight excluding hydrogens is 152 g/mol. The summed E-state index contributed by atoms with van der Waals surface area (Å²) in [5.41, 5.74) is 2.56. The minimum Gasteiger partial charge on any atom is -0.296 e. The van der Waals surface area contributed by atoms with Gasteiger partial charge in [0.25, 0.3) is 0 Å². The Balaban J connectivity index is 0.000000561. The maximum Gasteiger partial charge on any atom is 0.170 e. The fraction of sp³-hybridized carbons (Fsp3) is 0.556. The third-order valence-electron chi connectivity index (χ3n) is 1.78. The molecule has 1 rings (SSSR count). The average Bonchev–Trinajstić information content (AvgIpc) is 2.36. The second-order valence-electron chi connectivity index (χ2n) is 2.34. The van der Waals surface area contributed by atoms with Crippen LogP contribution in [0.1, 0.15) is 35.6 Å². The maximum absolute atomic E-state index is 10.3. The van der Waals surface area contributed by atoms with E-state index < -0.39 is 0 Å². The zero-order valence-corrected chi connectivity index (χ0v) is 8.38. The van der Waals surface area contributed by atoms with Crippen molar-refractivity contribution in [3.63, 3.8) is 0 Å². The Labute approximate surface area is 73.4 Å². The molecule has 0 radical (unpaired) electrons. The highest BCUT2D eigenvalue weighted by molar-refractivity contribution is 5.74. The number of hydrogen-bond acceptors (Lipinski definition) is 2. The molecule has 0 aliphatic rings. The summed E-state index contributed by atoms with van der Waals surface area (Å²) < 4.78 is 1.71. The lowest BCUT2D eigenvalue weighted by atomic mass is 10.2. The molecular formula is C9H16N2O. The highest BCUT2D eigenvalue weighted by atomic mass is 16.1. The molecule has 0 bridgehead atoms. The van der Waals surface area contributed by atoms with Crippen molar-refractivity contribution in [2.75, 3.05) is 0 Å². The lowest BCUT2D eigenvalue weighted by Gasteiger charge is -1.90. The molecule has 1 aromatic rings. The molecule has 1 heterocycles. The molecule has 68 valence electrons. The van der Waals surface area contributed by atoms with Crippen molar-refractivity contribution < 1.29 is 4.79 Å². The van der Waals surface area contributed by atoms with Crippen LogP contribution in [0.5, 0.6) is 0 Å². The Morgan fingerprint density at radius 1 is 1.33 bits per heavy atom. The lowest BCUT2D eigenvalue weighted by molar-refractivity contribution is 0.111. The fourth-order valence-electron chi connectivity index (χ4n) is 0.852. The molecule has 0 atom stereocenters. The van der Waals surface area contributed by atoms with Crippen LogP contribution >= 0.6 is 0 Å². The minimum atomic E-state index is 0.542. The van der Waals surface area contributed by atoms with Crippen molar-refractivity contribution >= 4 is 6.29 Å². The average molecular weight is 168 g/mol. The molecule has 0 saturated carbocycles. The van der Waals surface area contributed by atoms with Gasteiger partial charge in [-0.3, -0.25) is 9.48 Å². The molecule has 1 aromatic heterocycles. The van der Waals surface area contributed by atoms with Crippen molar-refractivity contribution in [3.05, 3.63) is 17.0 Å². The number of aromatic nitrogens is 2. The van der Waals surface area contributed by atoms with E-state index in [0.717, 1.165) is 17.5 Å². The molecule has 0 aliphatic carbocycles. The van der Waals surface area contributed by atoms with Gasteiger partial charge in [-0.15, -0.1) is 0 Å². The number of aryl methyl sites for hydroxylation is 1. The van der Waals surface area contributed by atoms with Crippen LogP contribution in [0.4, 0.5) is 0 Å². The summed E-state index contributed by atoms with van der Waals surface area (Å²) in [5.74, 6) is 0. The van der Waals surface area contributed by atoms with Crippen molar-refractivity contribution in [2.45, 2.75) is 27.7 Å². The predicted octanol–water partition coefficient (Wildman–Crippen LogP) is 1.88. The molecule has 3 heteroatoms. The highest BCUT2D eigenvalue weighted by Gasteiger charge is 2.05. The lowest BCUT2D eigenvalue weighted by Crippen LogP contribution is -1.92. The van der Waals surface area contributed by atoms with Gasteiger partial charge in [0, 0.05) is 18.3 Å². The number of carbonyl (C=O) groups is 1. The largest absolute Gasteiger partial charge is 0.296 e. The van der Waals surface area contributed by atoms with Gasteiger partial charge in [-0.25, -0.2) is 0 Å². The first-order chi connectivity index (χ1) is 5.66. The zero-order valence-electron chi connectivity index (χ0n) is 8.38. The second kappa shape index (κ2) is 4.70. The van der Waals surface area contributed by atoms with Gasteiger partial charge in [0.2, 0.25) is 0 Å². The smallest absolute Gasteiger partial charge is 0.170 e. The first-order valence-corrected chi connectivity index (χ1v) is 4.12. The maximum atomic E-state index is 10.3. The standard InChI is InChI=1S/C7H10N2O.C2H6/c1-5-6(2)9(3)8-7(5)4-10;1-2/h4H,1-3H3;1-2H3. The van der Waals surface area contributed by atoms with E-state index >= 15 is 0 Å². The summed E-state index contributed by atoms with van der Waals surface area (Å²) >= 11 is 0. The van der Waals surface area contributed by atoms with E-state index in [-0.39, 0.29) is 0 Å². The number of nitrogens with zero attached hydrogens (tertiary/aromatic N) is 2. The molecule has 0 fully saturated rings. The van der Waals surface area contributed by atoms with E-state index in [0.29, 0.717) is 5.69 Å². The molecule has 0 N–H and O–H groups in total. The predicted molar refractivity (Wildman–Crippen MR) is 49.4 cm³/mol. The van der Waals surface area contributed by atoms with Crippen LogP contribution in [-0.2, 0) is 7.05 Å². The van der Waals surface area contributed by atoms with Crippen LogP contribution in [0.15, 0.2) is 0 Å². The van der Waals surface area contributed by atoms with Crippen molar-refractivity contribution in [1.29, 1.82) is 0 Å². The molecule has 0 spiro atoms. The molecule has 0 aliphatic heterocycles. The molecule has 0 saturated heterocycles. The first-order valence-electron chi connectivity index (χ1n) is 4.12. The van der Waals surface area contributed by atoms with Gasteiger partial charge >= 0.3 is 0 Å². The van der Waals surface area contributed by atoms with Crippen LogP contribution in [0.2, 0.25) is 0 Å². The third kappa shape index (κ3) is 1.94. The Morgan fingerprint density at radius 3 is 2.00 bits per heavy atom. The van der Waals surface area contributed by atoms with Gasteiger partial charge < -0.3 is 0 Å². The van der Waals surface area contributed by atoms with Crippen LogP contribution in [0, 0.1) is 13.8 Å². The number of rotatable bonds is 1. The van der Waals surface area contributed by atoms with Gasteiger partial charge in [-0.1, -0.05) is 13.8 Å². The normalized spacial score (nSPS) is 8.75. The van der Waals surface area contributed by atoms with E-state index in [1.807, 2.05) is 34.7 Å². The minimum absolute atomic E-state index is 0.542. The SMILES string of the molecule is CC.Cc1c(C=O)nn(C)c1C. The van der Waals surface area contributed by atoms with Crippen molar-refractivity contribution in [2.24, 2.45) is 7.05 Å². The van der Waals surface area contributed by atoms with Gasteiger partial charge in [-0.2, -0.15) is 5.10 Å². The van der Waals surface area contributed by atoms with E-state index in [9.17, 15) is 4.79 Å². The second-order valence-corrected chi connectivity index (χ2v) is 2.34. The summed E-state index contributed by atoms with van der Waals surface area (Å²) in [4.78, 5) is 10.3. The first kappa shape index (κ1) is 10.9. The van der Waals surface area contributed by atoms with Crippen LogP contribution in [0.3, 0.4) is 0 Å². The third-order valence-corrected chi connectivity index (χ3v) is 1.78. The zero-order chi connectivity index (χ0) is 9.72. The summed E-state index contributed by atoms with van der Waals surface area (Å²) in [6, 6.07) is 0. The fourth-order valence-corrected chi connectivity index (χ4v) is 0.852. The quantitative estimate of drug-likeness (QED) is 0.600. The number of aldehydes is 1. The Morgan fingerprint density at radius 2 is 1.83 bits per heavy atom. The summed E-state index contributed by atoms with van der Waals surface area (Å²) in [6.45, 7) is 7.83. The van der Waals surface area contributed by atoms with Gasteiger partial charge in [0.05, 0.1) is 0 Å². The summed E-state index contributed by atoms with van der Waals surface area (Å²) in [5, 5.41) is 3.98. The van der Waals surface area contributed by atoms with Crippen molar-refractivity contribution in [1.82, 2.24) is 9.78 Å². The monoisotopic (exact) mass is 168 g/mol. The number of carbonyl (C=O) groups excluding carboxylic acids is 1. The molecule has 3 nitrogen and oxygen atoms in total. The molecule has 0 unspecified atom stereocenters. The van der Waals surface area contributed by atoms with Crippen LogP contribution in [0.25, 0.3) is 0 Å². The van der Waals surface area contributed by atoms with E-state index in [1.165, 1.54) is 0 Å². The Bertz CT molecular complexity index is 264. The topological polar surface area (TPSA) is 34.9 Å². The van der Waals surface area contributed by atoms with E-state index in [4.69, 9.17) is 0 Å². The Hall–Kier alpha value is -1.12. The van der Waals surface area contributed by atoms with E-state index in [2.05, 4.69) is 5.10 Å². The van der Waals surface area contributed by atoms with Gasteiger partial charge in [-0.05, 0) is 13.8 Å². The molecule has 0 amide bonds. The van der Waals surface area contributed by atoms with E-state index in [1.54, 1.807) is 4.68 Å². The Kier molecular flexibility index (Phi) is 4.26. The van der Waals surface area contributed by atoms with Crippen LogP contribution < -0.4 is 0 Å². The number of hydrogen-bond donors (Lipinski definition) is 0. The van der Waals surface area contributed by atoms with Crippen LogP contribution in [-0.4, -0.2) is 16.1 Å². The summed E-state index contributed by atoms with van der Waals surface area (Å²) in [7, 11) is 1.83. The molecule has 12 heavy (non-hydrogen) atoms. The van der Waals surface area contributed by atoms with Gasteiger partial charge in [0.1, 0.15) is 5.69 Å². The molecule has 0 aromatic carbocycles. The van der Waals surface area contributed by atoms with Crippen molar-refractivity contribution in [3.8, 4) is 0 Å². The van der Waals surface area contributed by atoms with Gasteiger partial charge in [0.15, 0.2) is 6.29 Å². The highest BCUT2D eigenvalue weighted by Crippen LogP contribution is 2.07.